The number of ketones is 1. The van der Waals surface area contributed by atoms with Crippen LogP contribution in [-0.2, 0) is 0 Å². The summed E-state index contributed by atoms with van der Waals surface area (Å²) in [5, 5.41) is -0.0349. The molecule has 0 fully saturated rings. The van der Waals surface area contributed by atoms with Crippen molar-refractivity contribution < 1.29 is 9.18 Å². The van der Waals surface area contributed by atoms with Crippen molar-refractivity contribution in [3.63, 3.8) is 0 Å². The van der Waals surface area contributed by atoms with Gasteiger partial charge in [0.25, 0.3) is 0 Å². The molecule has 0 spiro atoms. The fourth-order valence-corrected chi connectivity index (χ4v) is 2.39. The summed E-state index contributed by atoms with van der Waals surface area (Å²) in [6.07, 6.45) is 5.62. The van der Waals surface area contributed by atoms with Crippen molar-refractivity contribution in [1.82, 2.24) is 0 Å². The molecule has 0 amide bonds. The molecule has 1 aromatic rings. The zero-order chi connectivity index (χ0) is 12.4. The van der Waals surface area contributed by atoms with E-state index in [-0.39, 0.29) is 16.4 Å². The molecule has 17 heavy (non-hydrogen) atoms. The fraction of sp³-hybridized carbons (Fsp3) is 0.308. The number of Topliss-reactive ketones (excluding diaryl/α,β-unsaturated/α-hetero) is 1. The minimum absolute atomic E-state index is 0.0349. The highest BCUT2D eigenvalue weighted by Gasteiger charge is 2.20. The smallest absolute Gasteiger partial charge is 0.191 e. The van der Waals surface area contributed by atoms with Crippen molar-refractivity contribution in [2.75, 3.05) is 0 Å². The molecule has 1 aromatic carbocycles. The fourth-order valence-electron chi connectivity index (χ4n) is 1.92. The summed E-state index contributed by atoms with van der Waals surface area (Å²) in [7, 11) is 0. The summed E-state index contributed by atoms with van der Waals surface area (Å²) >= 11 is 8.90. The van der Waals surface area contributed by atoms with Crippen LogP contribution in [0.4, 0.5) is 4.39 Å². The molecule has 1 aliphatic rings. The minimum Gasteiger partial charge on any atom is -0.289 e. The lowest BCUT2D eigenvalue weighted by atomic mass is 9.93. The number of hydrogen-bond acceptors (Lipinski definition) is 1. The maximum Gasteiger partial charge on any atom is 0.191 e. The van der Waals surface area contributed by atoms with Gasteiger partial charge in [-0.2, -0.15) is 0 Å². The second kappa shape index (κ2) is 5.32. The molecule has 0 unspecified atom stereocenters. The number of carbonyl (C=O) groups is 1. The zero-order valence-electron chi connectivity index (χ0n) is 9.10. The van der Waals surface area contributed by atoms with Crippen molar-refractivity contribution in [3.05, 3.63) is 44.7 Å². The first kappa shape index (κ1) is 12.8. The summed E-state index contributed by atoms with van der Waals surface area (Å²) in [4.78, 5) is 12.1. The molecule has 1 aliphatic carbocycles. The average Bonchev–Trinajstić information content (AvgIpc) is 2.36. The van der Waals surface area contributed by atoms with Crippen LogP contribution in [0.2, 0.25) is 5.02 Å². The van der Waals surface area contributed by atoms with Crippen molar-refractivity contribution in [2.24, 2.45) is 0 Å². The van der Waals surface area contributed by atoms with Crippen LogP contribution in [0.5, 0.6) is 0 Å². The lowest BCUT2D eigenvalue weighted by molar-refractivity contribution is 0.102. The number of allylic oxidation sites excluding steroid dienone is 2. The van der Waals surface area contributed by atoms with Gasteiger partial charge in [0.1, 0.15) is 0 Å². The Morgan fingerprint density at radius 1 is 1.35 bits per heavy atom. The molecule has 0 bridgehead atoms. The number of benzene rings is 1. The van der Waals surface area contributed by atoms with Crippen LogP contribution >= 0.6 is 27.5 Å². The lowest BCUT2D eigenvalue weighted by Crippen LogP contribution is -2.09. The van der Waals surface area contributed by atoms with E-state index < -0.39 is 5.82 Å². The Bertz CT molecular complexity index is 496. The van der Waals surface area contributed by atoms with Gasteiger partial charge in [-0.1, -0.05) is 17.7 Å². The van der Waals surface area contributed by atoms with Gasteiger partial charge >= 0.3 is 0 Å². The molecule has 0 heterocycles. The summed E-state index contributed by atoms with van der Waals surface area (Å²) in [6.45, 7) is 0. The van der Waals surface area contributed by atoms with E-state index in [1.54, 1.807) is 6.07 Å². The van der Waals surface area contributed by atoms with Crippen LogP contribution in [0, 0.1) is 5.82 Å². The van der Waals surface area contributed by atoms with Crippen LogP contribution in [0.15, 0.2) is 28.3 Å². The van der Waals surface area contributed by atoms with Gasteiger partial charge in [0.2, 0.25) is 0 Å². The molecule has 0 saturated heterocycles. The normalized spacial score (nSPS) is 15.6. The molecule has 0 aromatic heterocycles. The molecule has 90 valence electrons. The lowest BCUT2D eigenvalue weighted by Gasteiger charge is -2.12. The number of halogens is 3. The van der Waals surface area contributed by atoms with E-state index in [9.17, 15) is 9.18 Å². The second-order valence-electron chi connectivity index (χ2n) is 4.03. The Labute approximate surface area is 113 Å². The van der Waals surface area contributed by atoms with Gasteiger partial charge in [-0.25, -0.2) is 4.39 Å². The summed E-state index contributed by atoms with van der Waals surface area (Å²) < 4.78 is 14.3. The van der Waals surface area contributed by atoms with E-state index in [0.717, 1.165) is 25.7 Å². The third-order valence-corrected chi connectivity index (χ3v) is 4.12. The van der Waals surface area contributed by atoms with Gasteiger partial charge in [0.05, 0.1) is 10.6 Å². The molecule has 0 atom stereocenters. The van der Waals surface area contributed by atoms with Crippen molar-refractivity contribution in [3.8, 4) is 0 Å². The molecule has 0 radical (unpaired) electrons. The maximum atomic E-state index is 13.9. The molecule has 0 N–H and O–H groups in total. The first-order valence-corrected chi connectivity index (χ1v) is 6.65. The van der Waals surface area contributed by atoms with E-state index in [2.05, 4.69) is 15.9 Å². The Morgan fingerprint density at radius 3 is 2.76 bits per heavy atom. The minimum atomic E-state index is -0.641. The van der Waals surface area contributed by atoms with Crippen LogP contribution in [0.1, 0.15) is 36.0 Å². The third-order valence-electron chi connectivity index (χ3n) is 2.86. The van der Waals surface area contributed by atoms with Gasteiger partial charge in [0, 0.05) is 4.47 Å². The molecular formula is C13H11BrClFO. The predicted molar refractivity (Wildman–Crippen MR) is 70.0 cm³/mol. The standard InChI is InChI=1S/C13H11BrClFO/c14-10-7-6-9(12(16)11(10)15)13(17)8-4-2-1-3-5-8/h4,6-7H,1-3,5H2. The molecular weight excluding hydrogens is 306 g/mol. The van der Waals surface area contributed by atoms with E-state index in [0.29, 0.717) is 10.0 Å². The van der Waals surface area contributed by atoms with Crippen LogP contribution in [0.25, 0.3) is 0 Å². The first-order chi connectivity index (χ1) is 8.11. The monoisotopic (exact) mass is 316 g/mol. The zero-order valence-corrected chi connectivity index (χ0v) is 11.4. The van der Waals surface area contributed by atoms with Crippen LogP contribution in [0.3, 0.4) is 0 Å². The molecule has 0 saturated carbocycles. The van der Waals surface area contributed by atoms with Gasteiger partial charge in [-0.15, -0.1) is 0 Å². The first-order valence-electron chi connectivity index (χ1n) is 5.48. The number of rotatable bonds is 2. The van der Waals surface area contributed by atoms with Crippen molar-refractivity contribution in [1.29, 1.82) is 0 Å². The molecule has 1 nitrogen and oxygen atoms in total. The predicted octanol–water partition coefficient (Wildman–Crippen LogP) is 4.92. The van der Waals surface area contributed by atoms with Gasteiger partial charge in [0.15, 0.2) is 11.6 Å². The van der Waals surface area contributed by atoms with Crippen molar-refractivity contribution in [2.45, 2.75) is 25.7 Å². The van der Waals surface area contributed by atoms with Gasteiger partial charge in [-0.05, 0) is 59.3 Å². The van der Waals surface area contributed by atoms with E-state index in [4.69, 9.17) is 11.6 Å². The van der Waals surface area contributed by atoms with E-state index in [1.807, 2.05) is 6.08 Å². The Balaban J connectivity index is 2.37. The highest BCUT2D eigenvalue weighted by molar-refractivity contribution is 9.10. The number of hydrogen-bond donors (Lipinski definition) is 0. The summed E-state index contributed by atoms with van der Waals surface area (Å²) in [6, 6.07) is 3.07. The van der Waals surface area contributed by atoms with E-state index >= 15 is 0 Å². The van der Waals surface area contributed by atoms with Gasteiger partial charge in [-0.3, -0.25) is 4.79 Å². The highest BCUT2D eigenvalue weighted by atomic mass is 79.9. The highest BCUT2D eigenvalue weighted by Crippen LogP contribution is 2.30. The van der Waals surface area contributed by atoms with Gasteiger partial charge < -0.3 is 0 Å². The van der Waals surface area contributed by atoms with Crippen LogP contribution < -0.4 is 0 Å². The Morgan fingerprint density at radius 2 is 2.12 bits per heavy atom. The molecule has 4 heteroatoms. The van der Waals surface area contributed by atoms with Crippen LogP contribution in [-0.4, -0.2) is 5.78 Å². The second-order valence-corrected chi connectivity index (χ2v) is 5.26. The van der Waals surface area contributed by atoms with Crippen molar-refractivity contribution >= 4 is 33.3 Å². The molecule has 0 aliphatic heterocycles. The summed E-state index contributed by atoms with van der Waals surface area (Å²) in [5.74, 6) is -0.880. The topological polar surface area (TPSA) is 17.1 Å². The quantitative estimate of drug-likeness (QED) is 0.558. The molecule has 2 rings (SSSR count). The SMILES string of the molecule is O=C(C1=CCCCC1)c1ccc(Br)c(Cl)c1F. The summed E-state index contributed by atoms with van der Waals surface area (Å²) in [5.41, 5.74) is 0.764. The average molecular weight is 318 g/mol. The largest absolute Gasteiger partial charge is 0.289 e. The third kappa shape index (κ3) is 2.61. The Hall–Kier alpha value is -0.670. The maximum absolute atomic E-state index is 13.9. The Kier molecular flexibility index (Phi) is 4.00. The van der Waals surface area contributed by atoms with E-state index in [1.165, 1.54) is 6.07 Å². The number of carbonyl (C=O) groups excluding carboxylic acids is 1.